The Kier molecular flexibility index (Phi) is 4.47. The highest BCUT2D eigenvalue weighted by atomic mass is 16.2. The van der Waals surface area contributed by atoms with Crippen molar-refractivity contribution in [1.29, 1.82) is 0 Å². The van der Waals surface area contributed by atoms with Crippen molar-refractivity contribution in [3.05, 3.63) is 83.8 Å². The van der Waals surface area contributed by atoms with Gasteiger partial charge in [-0.3, -0.25) is 4.79 Å². The van der Waals surface area contributed by atoms with Crippen molar-refractivity contribution in [2.75, 3.05) is 23.4 Å². The largest absolute Gasteiger partial charge is 0.352 e. The number of rotatable bonds is 4. The fourth-order valence-corrected chi connectivity index (χ4v) is 4.19. The molecule has 0 spiro atoms. The van der Waals surface area contributed by atoms with Crippen LogP contribution in [-0.2, 0) is 20.0 Å². The third kappa shape index (κ3) is 3.01. The monoisotopic (exact) mass is 397 g/mol. The van der Waals surface area contributed by atoms with Crippen molar-refractivity contribution >= 4 is 28.4 Å². The van der Waals surface area contributed by atoms with Crippen LogP contribution >= 0.6 is 0 Å². The second-order valence-electron chi connectivity index (χ2n) is 7.64. The first kappa shape index (κ1) is 18.4. The number of nitrogens with zero attached hydrogens (tertiary/aromatic N) is 5. The minimum Gasteiger partial charge on any atom is -0.352 e. The van der Waals surface area contributed by atoms with Gasteiger partial charge in [0.15, 0.2) is 0 Å². The number of anilines is 2. The number of benzene rings is 2. The van der Waals surface area contributed by atoms with Gasteiger partial charge < -0.3 is 14.4 Å². The zero-order valence-electron chi connectivity index (χ0n) is 17.1. The molecule has 0 saturated carbocycles. The average molecular weight is 397 g/mol. The fraction of sp³-hybridized carbons (Fsp3) is 0.208. The standard InChI is InChI=1S/C24H23N5O/c1-27(16-22-26-19-10-4-6-12-21(19)28(22)2)23-18(9-7-14-25-23)24(30)29-15-13-17-8-3-5-11-20(17)29/h3-12,14H,13,15-16H2,1-2H3. The molecule has 3 heterocycles. The van der Waals surface area contributed by atoms with Crippen LogP contribution in [0.25, 0.3) is 11.0 Å². The van der Waals surface area contributed by atoms with E-state index in [0.717, 1.165) is 29.0 Å². The van der Waals surface area contributed by atoms with Crippen LogP contribution < -0.4 is 9.80 Å². The Balaban J connectivity index is 1.46. The van der Waals surface area contributed by atoms with Crippen LogP contribution in [0.15, 0.2) is 66.9 Å². The Bertz CT molecular complexity index is 1250. The van der Waals surface area contributed by atoms with Crippen molar-refractivity contribution in [2.24, 2.45) is 7.05 Å². The number of amides is 1. The summed E-state index contributed by atoms with van der Waals surface area (Å²) in [6, 6.07) is 19.9. The highest BCUT2D eigenvalue weighted by molar-refractivity contribution is 6.10. The summed E-state index contributed by atoms with van der Waals surface area (Å²) in [5.41, 5.74) is 4.87. The molecule has 0 radical (unpaired) electrons. The fourth-order valence-electron chi connectivity index (χ4n) is 4.19. The van der Waals surface area contributed by atoms with Gasteiger partial charge in [0, 0.05) is 32.5 Å². The Morgan fingerprint density at radius 2 is 1.87 bits per heavy atom. The molecule has 0 unspecified atom stereocenters. The molecule has 2 aromatic carbocycles. The summed E-state index contributed by atoms with van der Waals surface area (Å²) in [6.07, 6.45) is 2.61. The lowest BCUT2D eigenvalue weighted by Crippen LogP contribution is -2.31. The van der Waals surface area contributed by atoms with Gasteiger partial charge in [-0.25, -0.2) is 9.97 Å². The highest BCUT2D eigenvalue weighted by Gasteiger charge is 2.28. The van der Waals surface area contributed by atoms with Crippen molar-refractivity contribution in [1.82, 2.24) is 14.5 Å². The first-order valence-electron chi connectivity index (χ1n) is 10.1. The molecule has 5 rings (SSSR count). The number of para-hydroxylation sites is 3. The van der Waals surface area contributed by atoms with Gasteiger partial charge in [-0.15, -0.1) is 0 Å². The van der Waals surface area contributed by atoms with Crippen molar-refractivity contribution < 1.29 is 4.79 Å². The molecule has 1 amide bonds. The van der Waals surface area contributed by atoms with E-state index in [1.54, 1.807) is 6.20 Å². The first-order valence-corrected chi connectivity index (χ1v) is 10.1. The van der Waals surface area contributed by atoms with Gasteiger partial charge in [0.1, 0.15) is 11.6 Å². The predicted molar refractivity (Wildman–Crippen MR) is 119 cm³/mol. The number of pyridine rings is 1. The SMILES string of the molecule is CN(Cc1nc2ccccc2n1C)c1ncccc1C(=O)N1CCc2ccccc21. The molecule has 2 aromatic heterocycles. The van der Waals surface area contributed by atoms with Gasteiger partial charge in [-0.1, -0.05) is 30.3 Å². The molecule has 1 aliphatic heterocycles. The van der Waals surface area contributed by atoms with Crippen LogP contribution in [0.5, 0.6) is 0 Å². The smallest absolute Gasteiger partial charge is 0.262 e. The lowest BCUT2D eigenvalue weighted by Gasteiger charge is -2.23. The van der Waals surface area contributed by atoms with Gasteiger partial charge in [0.2, 0.25) is 0 Å². The van der Waals surface area contributed by atoms with Crippen LogP contribution in [0.2, 0.25) is 0 Å². The molecule has 0 aliphatic carbocycles. The third-order valence-corrected chi connectivity index (χ3v) is 5.77. The van der Waals surface area contributed by atoms with Crippen molar-refractivity contribution in [2.45, 2.75) is 13.0 Å². The van der Waals surface area contributed by atoms with Crippen LogP contribution in [0.4, 0.5) is 11.5 Å². The summed E-state index contributed by atoms with van der Waals surface area (Å²) in [5, 5.41) is 0. The summed E-state index contributed by atoms with van der Waals surface area (Å²) in [6.45, 7) is 1.25. The second-order valence-corrected chi connectivity index (χ2v) is 7.64. The zero-order valence-corrected chi connectivity index (χ0v) is 17.1. The molecule has 6 nitrogen and oxygen atoms in total. The number of aryl methyl sites for hydroxylation is 1. The molecule has 6 heteroatoms. The third-order valence-electron chi connectivity index (χ3n) is 5.77. The molecular weight excluding hydrogens is 374 g/mol. The van der Waals surface area contributed by atoms with Crippen molar-refractivity contribution in [3.63, 3.8) is 0 Å². The molecule has 150 valence electrons. The van der Waals surface area contributed by atoms with E-state index in [2.05, 4.69) is 21.7 Å². The normalized spacial score (nSPS) is 12.9. The topological polar surface area (TPSA) is 54.3 Å². The van der Waals surface area contributed by atoms with Gasteiger partial charge in [-0.2, -0.15) is 0 Å². The maximum atomic E-state index is 13.4. The van der Waals surface area contributed by atoms with E-state index in [9.17, 15) is 4.79 Å². The quantitative estimate of drug-likeness (QED) is 0.526. The predicted octanol–water partition coefficient (Wildman–Crippen LogP) is 3.81. The summed E-state index contributed by atoms with van der Waals surface area (Å²) in [5.74, 6) is 1.58. The maximum absolute atomic E-state index is 13.4. The number of carbonyl (C=O) groups excluding carboxylic acids is 1. The van der Waals surface area contributed by atoms with Crippen LogP contribution in [0, 0.1) is 0 Å². The van der Waals surface area contributed by atoms with E-state index in [1.807, 2.05) is 72.4 Å². The molecule has 30 heavy (non-hydrogen) atoms. The number of hydrogen-bond donors (Lipinski definition) is 0. The molecule has 0 fully saturated rings. The summed E-state index contributed by atoms with van der Waals surface area (Å²) < 4.78 is 2.09. The minimum atomic E-state index is -0.0140. The number of fused-ring (bicyclic) bond motifs is 2. The Hall–Kier alpha value is -3.67. The summed E-state index contributed by atoms with van der Waals surface area (Å²) in [4.78, 5) is 26.6. The van der Waals surface area contributed by atoms with E-state index >= 15 is 0 Å². The van der Waals surface area contributed by atoms with E-state index < -0.39 is 0 Å². The van der Waals surface area contributed by atoms with Crippen molar-refractivity contribution in [3.8, 4) is 0 Å². The summed E-state index contributed by atoms with van der Waals surface area (Å²) >= 11 is 0. The first-order chi connectivity index (χ1) is 14.6. The maximum Gasteiger partial charge on any atom is 0.262 e. The Labute approximate surface area is 175 Å². The molecule has 1 aliphatic rings. The van der Waals surface area contributed by atoms with E-state index in [0.29, 0.717) is 24.5 Å². The van der Waals surface area contributed by atoms with Gasteiger partial charge in [-0.05, 0) is 42.3 Å². The summed E-state index contributed by atoms with van der Waals surface area (Å²) in [7, 11) is 3.97. The van der Waals surface area contributed by atoms with Crippen LogP contribution in [-0.4, -0.2) is 34.0 Å². The van der Waals surface area contributed by atoms with Gasteiger partial charge in [0.25, 0.3) is 5.91 Å². The molecule has 0 atom stereocenters. The molecule has 0 N–H and O–H groups in total. The lowest BCUT2D eigenvalue weighted by molar-refractivity contribution is 0.0989. The second kappa shape index (κ2) is 7.30. The molecule has 4 aromatic rings. The Morgan fingerprint density at radius 3 is 2.73 bits per heavy atom. The average Bonchev–Trinajstić information content (AvgIpc) is 3.35. The minimum absolute atomic E-state index is 0.0140. The van der Waals surface area contributed by atoms with E-state index in [1.165, 1.54) is 5.56 Å². The number of imidazole rings is 1. The van der Waals surface area contributed by atoms with Crippen LogP contribution in [0.1, 0.15) is 21.7 Å². The number of hydrogen-bond acceptors (Lipinski definition) is 4. The molecular formula is C24H23N5O. The van der Waals surface area contributed by atoms with Gasteiger partial charge in [0.05, 0.1) is 23.1 Å². The zero-order chi connectivity index (χ0) is 20.7. The number of carbonyl (C=O) groups is 1. The molecule has 0 bridgehead atoms. The van der Waals surface area contributed by atoms with E-state index in [4.69, 9.17) is 4.98 Å². The van der Waals surface area contributed by atoms with E-state index in [-0.39, 0.29) is 5.91 Å². The lowest BCUT2D eigenvalue weighted by atomic mass is 10.1. The molecule has 0 saturated heterocycles. The Morgan fingerprint density at radius 1 is 1.07 bits per heavy atom. The number of aromatic nitrogens is 3. The van der Waals surface area contributed by atoms with Gasteiger partial charge >= 0.3 is 0 Å². The highest BCUT2D eigenvalue weighted by Crippen LogP contribution is 2.30. The van der Waals surface area contributed by atoms with Crippen LogP contribution in [0.3, 0.4) is 0 Å².